The fourth-order valence-electron chi connectivity index (χ4n) is 1.61. The zero-order valence-electron chi connectivity index (χ0n) is 11.1. The summed E-state index contributed by atoms with van der Waals surface area (Å²) in [5, 5.41) is 3.00. The standard InChI is InChI=1S/C14H20F3N/c1-13(2,3)11-5-7-12(8-6-11)18-10-4-9-14(15,16)17/h5-8,18H,4,9-10H2,1-3H3. The maximum absolute atomic E-state index is 11.9. The van der Waals surface area contributed by atoms with Gasteiger partial charge in [0.1, 0.15) is 0 Å². The van der Waals surface area contributed by atoms with Crippen molar-refractivity contribution in [1.29, 1.82) is 0 Å². The van der Waals surface area contributed by atoms with E-state index in [4.69, 9.17) is 0 Å². The predicted molar refractivity (Wildman–Crippen MR) is 68.9 cm³/mol. The molecular weight excluding hydrogens is 239 g/mol. The van der Waals surface area contributed by atoms with Crippen LogP contribution in [0.15, 0.2) is 24.3 Å². The Kier molecular flexibility index (Phi) is 4.65. The summed E-state index contributed by atoms with van der Waals surface area (Å²) in [7, 11) is 0. The van der Waals surface area contributed by atoms with Crippen LogP contribution in [0.1, 0.15) is 39.2 Å². The summed E-state index contributed by atoms with van der Waals surface area (Å²) in [5.41, 5.74) is 2.17. The van der Waals surface area contributed by atoms with E-state index in [2.05, 4.69) is 26.1 Å². The van der Waals surface area contributed by atoms with Gasteiger partial charge in [0.15, 0.2) is 0 Å². The van der Waals surface area contributed by atoms with Gasteiger partial charge in [0.25, 0.3) is 0 Å². The van der Waals surface area contributed by atoms with Crippen LogP contribution in [0.3, 0.4) is 0 Å². The summed E-state index contributed by atoms with van der Waals surface area (Å²) in [6, 6.07) is 7.83. The molecule has 0 saturated heterocycles. The Bertz CT molecular complexity index is 360. The van der Waals surface area contributed by atoms with Gasteiger partial charge in [-0.1, -0.05) is 32.9 Å². The second-order valence-corrected chi connectivity index (χ2v) is 5.47. The maximum atomic E-state index is 11.9. The SMILES string of the molecule is CC(C)(C)c1ccc(NCCCC(F)(F)F)cc1. The molecule has 1 aromatic rings. The molecule has 0 amide bonds. The van der Waals surface area contributed by atoms with Gasteiger partial charge in [-0.25, -0.2) is 0 Å². The second kappa shape index (κ2) is 5.63. The normalized spacial score (nSPS) is 12.6. The van der Waals surface area contributed by atoms with Crippen molar-refractivity contribution in [2.24, 2.45) is 0 Å². The van der Waals surface area contributed by atoms with E-state index >= 15 is 0 Å². The minimum absolute atomic E-state index is 0.0921. The highest BCUT2D eigenvalue weighted by molar-refractivity contribution is 5.45. The van der Waals surface area contributed by atoms with E-state index in [0.29, 0.717) is 6.54 Å². The molecule has 0 atom stereocenters. The van der Waals surface area contributed by atoms with E-state index in [0.717, 1.165) is 5.69 Å². The number of halogens is 3. The van der Waals surface area contributed by atoms with Gasteiger partial charge in [0.05, 0.1) is 0 Å². The molecule has 0 aliphatic carbocycles. The first-order chi connectivity index (χ1) is 8.18. The van der Waals surface area contributed by atoms with Crippen molar-refractivity contribution in [1.82, 2.24) is 0 Å². The van der Waals surface area contributed by atoms with E-state index < -0.39 is 12.6 Å². The highest BCUT2D eigenvalue weighted by Gasteiger charge is 2.25. The highest BCUT2D eigenvalue weighted by atomic mass is 19.4. The Labute approximate surface area is 106 Å². The van der Waals surface area contributed by atoms with Crippen molar-refractivity contribution in [3.8, 4) is 0 Å². The number of hydrogen-bond acceptors (Lipinski definition) is 1. The zero-order valence-corrected chi connectivity index (χ0v) is 11.1. The van der Waals surface area contributed by atoms with Gasteiger partial charge >= 0.3 is 6.18 Å². The predicted octanol–water partition coefficient (Wildman–Crippen LogP) is 4.74. The van der Waals surface area contributed by atoms with E-state index in [-0.39, 0.29) is 11.8 Å². The van der Waals surface area contributed by atoms with Gasteiger partial charge in [-0.15, -0.1) is 0 Å². The van der Waals surface area contributed by atoms with Crippen molar-refractivity contribution in [2.45, 2.75) is 45.2 Å². The quantitative estimate of drug-likeness (QED) is 0.770. The fourth-order valence-corrected chi connectivity index (χ4v) is 1.61. The molecule has 0 saturated carbocycles. The molecular formula is C14H20F3N. The molecule has 0 radical (unpaired) electrons. The minimum atomic E-state index is -4.06. The highest BCUT2D eigenvalue weighted by Crippen LogP contribution is 2.24. The molecule has 1 aromatic carbocycles. The largest absolute Gasteiger partial charge is 0.389 e. The summed E-state index contributed by atoms with van der Waals surface area (Å²) < 4.78 is 35.8. The van der Waals surface area contributed by atoms with Crippen LogP contribution in [0.5, 0.6) is 0 Å². The van der Waals surface area contributed by atoms with Crippen LogP contribution < -0.4 is 5.32 Å². The van der Waals surface area contributed by atoms with E-state index in [9.17, 15) is 13.2 Å². The fraction of sp³-hybridized carbons (Fsp3) is 0.571. The summed E-state index contributed by atoms with van der Waals surface area (Å²) in [5.74, 6) is 0. The molecule has 0 fully saturated rings. The maximum Gasteiger partial charge on any atom is 0.389 e. The molecule has 18 heavy (non-hydrogen) atoms. The number of hydrogen-bond donors (Lipinski definition) is 1. The van der Waals surface area contributed by atoms with Gasteiger partial charge in [-0.3, -0.25) is 0 Å². The summed E-state index contributed by atoms with van der Waals surface area (Å²) >= 11 is 0. The number of nitrogens with one attached hydrogen (secondary N) is 1. The Hall–Kier alpha value is -1.19. The Morgan fingerprint density at radius 1 is 1.00 bits per heavy atom. The van der Waals surface area contributed by atoms with Crippen LogP contribution in [0.25, 0.3) is 0 Å². The van der Waals surface area contributed by atoms with Crippen LogP contribution in [0.2, 0.25) is 0 Å². The first kappa shape index (κ1) is 14.9. The second-order valence-electron chi connectivity index (χ2n) is 5.47. The van der Waals surface area contributed by atoms with Crippen LogP contribution in [0.4, 0.5) is 18.9 Å². The van der Waals surface area contributed by atoms with E-state index in [1.54, 1.807) is 0 Å². The van der Waals surface area contributed by atoms with Crippen molar-refractivity contribution in [3.63, 3.8) is 0 Å². The number of alkyl halides is 3. The summed E-state index contributed by atoms with van der Waals surface area (Å²) in [6.07, 6.45) is -4.69. The lowest BCUT2D eigenvalue weighted by Crippen LogP contribution is -2.12. The Morgan fingerprint density at radius 2 is 1.56 bits per heavy atom. The molecule has 0 unspecified atom stereocenters. The Balaban J connectivity index is 2.41. The first-order valence-corrected chi connectivity index (χ1v) is 6.10. The van der Waals surface area contributed by atoms with Crippen molar-refractivity contribution in [3.05, 3.63) is 29.8 Å². The topological polar surface area (TPSA) is 12.0 Å². The molecule has 1 nitrogen and oxygen atoms in total. The van der Waals surface area contributed by atoms with E-state index in [1.165, 1.54) is 5.56 Å². The molecule has 0 heterocycles. The molecule has 4 heteroatoms. The molecule has 0 aliphatic rings. The molecule has 0 aliphatic heterocycles. The molecule has 0 spiro atoms. The number of anilines is 1. The van der Waals surface area contributed by atoms with Crippen molar-refractivity contribution >= 4 is 5.69 Å². The third kappa shape index (κ3) is 5.43. The minimum Gasteiger partial charge on any atom is -0.385 e. The first-order valence-electron chi connectivity index (χ1n) is 6.10. The van der Waals surface area contributed by atoms with Crippen LogP contribution >= 0.6 is 0 Å². The molecule has 0 bridgehead atoms. The lowest BCUT2D eigenvalue weighted by molar-refractivity contribution is -0.134. The van der Waals surface area contributed by atoms with Crippen molar-refractivity contribution in [2.75, 3.05) is 11.9 Å². The molecule has 102 valence electrons. The summed E-state index contributed by atoms with van der Waals surface area (Å²) in [4.78, 5) is 0. The summed E-state index contributed by atoms with van der Waals surface area (Å²) in [6.45, 7) is 6.71. The monoisotopic (exact) mass is 259 g/mol. The van der Waals surface area contributed by atoms with Gasteiger partial charge < -0.3 is 5.32 Å². The van der Waals surface area contributed by atoms with Gasteiger partial charge in [-0.05, 0) is 29.5 Å². The average molecular weight is 259 g/mol. The van der Waals surface area contributed by atoms with Crippen LogP contribution in [-0.2, 0) is 5.41 Å². The Morgan fingerprint density at radius 3 is 2.00 bits per heavy atom. The molecule has 0 aromatic heterocycles. The smallest absolute Gasteiger partial charge is 0.385 e. The van der Waals surface area contributed by atoms with Crippen LogP contribution in [0, 0.1) is 0 Å². The third-order valence-electron chi connectivity index (χ3n) is 2.72. The van der Waals surface area contributed by atoms with Gasteiger partial charge in [-0.2, -0.15) is 13.2 Å². The lowest BCUT2D eigenvalue weighted by atomic mass is 9.87. The third-order valence-corrected chi connectivity index (χ3v) is 2.72. The van der Waals surface area contributed by atoms with Gasteiger partial charge in [0.2, 0.25) is 0 Å². The van der Waals surface area contributed by atoms with E-state index in [1.807, 2.05) is 24.3 Å². The molecule has 1 N–H and O–H groups in total. The lowest BCUT2D eigenvalue weighted by Gasteiger charge is -2.19. The van der Waals surface area contributed by atoms with Crippen molar-refractivity contribution < 1.29 is 13.2 Å². The zero-order chi connectivity index (χ0) is 13.8. The average Bonchev–Trinajstić information content (AvgIpc) is 2.22. The number of benzene rings is 1. The van der Waals surface area contributed by atoms with Crippen LogP contribution in [-0.4, -0.2) is 12.7 Å². The number of rotatable bonds is 4. The molecule has 1 rings (SSSR count). The van der Waals surface area contributed by atoms with Gasteiger partial charge in [0, 0.05) is 18.7 Å².